The molecular weight excluding hydrogens is 347 g/mol. The van der Waals surface area contributed by atoms with E-state index in [4.69, 9.17) is 15.9 Å². The number of nitrogen functional groups attached to an aromatic ring is 2. The smallest absolute Gasteiger partial charge is 0.195 e. The summed E-state index contributed by atoms with van der Waals surface area (Å²) in [5.41, 5.74) is 9.23. The lowest BCUT2D eigenvalue weighted by Crippen LogP contribution is -2.16. The number of nitrogens with zero attached hydrogens (tertiary/aromatic N) is 1. The summed E-state index contributed by atoms with van der Waals surface area (Å²) < 4.78 is 48.4. The van der Waals surface area contributed by atoms with Gasteiger partial charge in [-0.1, -0.05) is 0 Å². The molecule has 0 amide bonds. The van der Waals surface area contributed by atoms with E-state index < -0.39 is 34.2 Å². The van der Waals surface area contributed by atoms with Crippen molar-refractivity contribution in [3.05, 3.63) is 57.5 Å². The minimum atomic E-state index is -1.02. The Bertz CT molecular complexity index is 1080. The van der Waals surface area contributed by atoms with Crippen molar-refractivity contribution in [3.63, 3.8) is 0 Å². The zero-order chi connectivity index (χ0) is 19.2. The fraction of sp³-hybridized carbons (Fsp3) is 0.167. The maximum Gasteiger partial charge on any atom is 0.195 e. The molecule has 3 aromatic rings. The zero-order valence-corrected chi connectivity index (χ0v) is 14.1. The quantitative estimate of drug-likeness (QED) is 0.699. The Balaban J connectivity index is 2.33. The minimum absolute atomic E-state index is 0.0809. The second-order valence-corrected chi connectivity index (χ2v) is 6.17. The first-order chi connectivity index (χ1) is 12.2. The highest BCUT2D eigenvalue weighted by Gasteiger charge is 2.23. The number of halogens is 3. The summed E-state index contributed by atoms with van der Waals surface area (Å²) in [6, 6.07) is 4.79. The molecule has 1 heterocycles. The minimum Gasteiger partial charge on any atom is -0.453 e. The van der Waals surface area contributed by atoms with Gasteiger partial charge in [-0.15, -0.1) is 0 Å². The molecule has 0 fully saturated rings. The van der Waals surface area contributed by atoms with Gasteiger partial charge in [0.05, 0.1) is 16.8 Å². The van der Waals surface area contributed by atoms with Gasteiger partial charge in [-0.2, -0.15) is 0 Å². The van der Waals surface area contributed by atoms with Gasteiger partial charge in [0.1, 0.15) is 11.6 Å². The van der Waals surface area contributed by atoms with Crippen molar-refractivity contribution in [3.8, 4) is 11.3 Å². The largest absolute Gasteiger partial charge is 0.453 e. The molecule has 1 aromatic heterocycles. The average Bonchev–Trinajstić information content (AvgIpc) is 2.58. The third-order valence-electron chi connectivity index (χ3n) is 3.94. The molecule has 4 N–H and O–H groups in total. The molecule has 0 aliphatic heterocycles. The van der Waals surface area contributed by atoms with E-state index >= 15 is 0 Å². The molecule has 2 aromatic carbocycles. The first-order valence-electron chi connectivity index (χ1n) is 7.64. The number of fused-ring (bicyclic) bond motifs is 1. The Morgan fingerprint density at radius 1 is 1.08 bits per heavy atom. The molecule has 0 aliphatic carbocycles. The van der Waals surface area contributed by atoms with Crippen molar-refractivity contribution < 1.29 is 17.6 Å². The van der Waals surface area contributed by atoms with Crippen LogP contribution in [0.4, 0.5) is 24.5 Å². The highest BCUT2D eigenvalue weighted by molar-refractivity contribution is 5.91. The van der Waals surface area contributed by atoms with E-state index in [1.54, 1.807) is 19.0 Å². The van der Waals surface area contributed by atoms with Crippen LogP contribution >= 0.6 is 0 Å². The first-order valence-corrected chi connectivity index (χ1v) is 7.64. The SMILES string of the molecule is CN(C)Cc1c(F)c(N)c2c(=O)cc(-c3ccc(N)c(F)c3)oc2c1F. The van der Waals surface area contributed by atoms with Crippen molar-refractivity contribution in [2.45, 2.75) is 6.54 Å². The summed E-state index contributed by atoms with van der Waals surface area (Å²) in [4.78, 5) is 13.9. The summed E-state index contributed by atoms with van der Waals surface area (Å²) in [6.45, 7) is -0.0811. The van der Waals surface area contributed by atoms with Gasteiger partial charge in [0.25, 0.3) is 0 Å². The van der Waals surface area contributed by atoms with Crippen molar-refractivity contribution >= 4 is 22.3 Å². The number of rotatable bonds is 3. The predicted octanol–water partition coefficient (Wildman–Crippen LogP) is 3.10. The molecule has 0 aliphatic rings. The predicted molar refractivity (Wildman–Crippen MR) is 94.0 cm³/mol. The van der Waals surface area contributed by atoms with Gasteiger partial charge in [-0.05, 0) is 32.3 Å². The normalized spacial score (nSPS) is 11.5. The lowest BCUT2D eigenvalue weighted by atomic mass is 10.1. The average molecular weight is 363 g/mol. The molecule has 136 valence electrons. The molecule has 0 unspecified atom stereocenters. The number of anilines is 2. The summed E-state index contributed by atoms with van der Waals surface area (Å²) in [6.07, 6.45) is 0. The zero-order valence-electron chi connectivity index (χ0n) is 14.1. The highest BCUT2D eigenvalue weighted by atomic mass is 19.1. The highest BCUT2D eigenvalue weighted by Crippen LogP contribution is 2.32. The van der Waals surface area contributed by atoms with Crippen molar-refractivity contribution in [2.75, 3.05) is 25.6 Å². The van der Waals surface area contributed by atoms with E-state index in [0.29, 0.717) is 0 Å². The van der Waals surface area contributed by atoms with E-state index in [0.717, 1.165) is 12.1 Å². The summed E-state index contributed by atoms with van der Waals surface area (Å²) in [5.74, 6) is -2.81. The summed E-state index contributed by atoms with van der Waals surface area (Å²) in [7, 11) is 3.26. The lowest BCUT2D eigenvalue weighted by molar-refractivity contribution is 0.380. The Hall–Kier alpha value is -3.00. The summed E-state index contributed by atoms with van der Waals surface area (Å²) in [5, 5.41) is -0.387. The second kappa shape index (κ2) is 6.38. The Labute approximate surface area is 146 Å². The van der Waals surface area contributed by atoms with Crippen LogP contribution < -0.4 is 16.9 Å². The third-order valence-corrected chi connectivity index (χ3v) is 3.94. The molecule has 0 atom stereocenters. The molecule has 3 rings (SSSR count). The second-order valence-electron chi connectivity index (χ2n) is 6.17. The maximum absolute atomic E-state index is 14.8. The molecular formula is C18H16F3N3O2. The van der Waals surface area contributed by atoms with Gasteiger partial charge in [0, 0.05) is 23.7 Å². The molecule has 0 saturated heterocycles. The topological polar surface area (TPSA) is 85.5 Å². The molecule has 0 spiro atoms. The number of hydrogen-bond donors (Lipinski definition) is 2. The van der Waals surface area contributed by atoms with Crippen LogP contribution in [0.2, 0.25) is 0 Å². The van der Waals surface area contributed by atoms with Crippen LogP contribution in [0, 0.1) is 17.5 Å². The fourth-order valence-corrected chi connectivity index (χ4v) is 2.69. The molecule has 26 heavy (non-hydrogen) atoms. The lowest BCUT2D eigenvalue weighted by Gasteiger charge is -2.15. The van der Waals surface area contributed by atoms with Gasteiger partial charge in [-0.25, -0.2) is 13.2 Å². The van der Waals surface area contributed by atoms with Crippen LogP contribution in [0.25, 0.3) is 22.3 Å². The van der Waals surface area contributed by atoms with Gasteiger partial charge in [0.15, 0.2) is 22.6 Å². The molecule has 8 heteroatoms. The van der Waals surface area contributed by atoms with Crippen molar-refractivity contribution in [1.82, 2.24) is 4.90 Å². The standard InChI is InChI=1S/C18H16F3N3O2/c1-24(2)7-9-15(20)17(23)14-12(25)6-13(26-18(14)16(9)21)8-3-4-11(22)10(19)5-8/h3-6H,7,22-23H2,1-2H3. The van der Waals surface area contributed by atoms with Gasteiger partial charge < -0.3 is 20.8 Å². The van der Waals surface area contributed by atoms with E-state index in [1.807, 2.05) is 0 Å². The molecule has 0 saturated carbocycles. The first kappa shape index (κ1) is 17.8. The Morgan fingerprint density at radius 3 is 2.38 bits per heavy atom. The van der Waals surface area contributed by atoms with Crippen molar-refractivity contribution in [2.24, 2.45) is 0 Å². The molecule has 0 radical (unpaired) electrons. The van der Waals surface area contributed by atoms with Crippen LogP contribution in [0.3, 0.4) is 0 Å². The summed E-state index contributed by atoms with van der Waals surface area (Å²) >= 11 is 0. The van der Waals surface area contributed by atoms with E-state index in [-0.39, 0.29) is 34.5 Å². The number of hydrogen-bond acceptors (Lipinski definition) is 5. The Kier molecular flexibility index (Phi) is 4.37. The third kappa shape index (κ3) is 2.88. The van der Waals surface area contributed by atoms with E-state index in [1.165, 1.54) is 12.1 Å². The van der Waals surface area contributed by atoms with Crippen LogP contribution in [0.15, 0.2) is 33.5 Å². The van der Waals surface area contributed by atoms with Crippen LogP contribution in [0.5, 0.6) is 0 Å². The molecule has 5 nitrogen and oxygen atoms in total. The molecule has 0 bridgehead atoms. The van der Waals surface area contributed by atoms with E-state index in [2.05, 4.69) is 0 Å². The van der Waals surface area contributed by atoms with E-state index in [9.17, 15) is 18.0 Å². The van der Waals surface area contributed by atoms with Gasteiger partial charge >= 0.3 is 0 Å². The van der Waals surface area contributed by atoms with Crippen LogP contribution in [-0.2, 0) is 6.54 Å². The Morgan fingerprint density at radius 2 is 1.77 bits per heavy atom. The van der Waals surface area contributed by atoms with Crippen molar-refractivity contribution in [1.29, 1.82) is 0 Å². The van der Waals surface area contributed by atoms with Gasteiger partial charge in [0.2, 0.25) is 0 Å². The van der Waals surface area contributed by atoms with Gasteiger partial charge in [-0.3, -0.25) is 4.79 Å². The number of nitrogens with two attached hydrogens (primary N) is 2. The van der Waals surface area contributed by atoms with Crippen LogP contribution in [0.1, 0.15) is 5.56 Å². The van der Waals surface area contributed by atoms with Crippen LogP contribution in [-0.4, -0.2) is 19.0 Å². The monoisotopic (exact) mass is 363 g/mol. The number of benzene rings is 2. The fourth-order valence-electron chi connectivity index (χ4n) is 2.69. The maximum atomic E-state index is 14.8.